The van der Waals surface area contributed by atoms with Crippen molar-refractivity contribution in [2.75, 3.05) is 0 Å². The van der Waals surface area contributed by atoms with Gasteiger partial charge in [-0.05, 0) is 25.1 Å². The molecule has 0 N–H and O–H groups in total. The first kappa shape index (κ1) is 13.0. The standard InChI is InChI=1S/C10H7ClF4O/c1-5(11)9(16)7-3-2-6(12)4-8(7)10(13,14)15/h2-5H,1H3. The zero-order chi connectivity index (χ0) is 12.5. The fraction of sp³-hybridized carbons (Fsp3) is 0.300. The van der Waals surface area contributed by atoms with E-state index < -0.39 is 34.3 Å². The van der Waals surface area contributed by atoms with Gasteiger partial charge < -0.3 is 0 Å². The molecule has 0 spiro atoms. The van der Waals surface area contributed by atoms with Crippen LogP contribution in [0.25, 0.3) is 0 Å². The molecule has 1 atom stereocenters. The molecule has 0 aliphatic carbocycles. The highest BCUT2D eigenvalue weighted by atomic mass is 35.5. The largest absolute Gasteiger partial charge is 0.417 e. The second-order valence-electron chi connectivity index (χ2n) is 3.17. The molecule has 0 saturated carbocycles. The van der Waals surface area contributed by atoms with E-state index in [0.29, 0.717) is 0 Å². The lowest BCUT2D eigenvalue weighted by Crippen LogP contribution is -2.18. The molecule has 0 radical (unpaired) electrons. The molecule has 16 heavy (non-hydrogen) atoms. The van der Waals surface area contributed by atoms with E-state index >= 15 is 0 Å². The minimum Gasteiger partial charge on any atom is -0.293 e. The Morgan fingerprint density at radius 1 is 1.38 bits per heavy atom. The number of halogens is 5. The summed E-state index contributed by atoms with van der Waals surface area (Å²) >= 11 is 5.41. The molecule has 0 heterocycles. The van der Waals surface area contributed by atoms with Gasteiger partial charge in [0.25, 0.3) is 0 Å². The van der Waals surface area contributed by atoms with Gasteiger partial charge >= 0.3 is 6.18 Å². The Bertz CT molecular complexity index is 412. The van der Waals surface area contributed by atoms with Crippen LogP contribution in [0.15, 0.2) is 18.2 Å². The normalized spacial score (nSPS) is 13.6. The molecule has 0 aromatic heterocycles. The van der Waals surface area contributed by atoms with E-state index in [-0.39, 0.29) is 6.07 Å². The maximum absolute atomic E-state index is 12.7. The highest BCUT2D eigenvalue weighted by Gasteiger charge is 2.36. The van der Waals surface area contributed by atoms with Crippen molar-refractivity contribution < 1.29 is 22.4 Å². The van der Waals surface area contributed by atoms with Gasteiger partial charge in [-0.1, -0.05) is 0 Å². The molecular weight excluding hydrogens is 248 g/mol. The van der Waals surface area contributed by atoms with Crippen molar-refractivity contribution in [1.82, 2.24) is 0 Å². The predicted molar refractivity (Wildman–Crippen MR) is 51.0 cm³/mol. The summed E-state index contributed by atoms with van der Waals surface area (Å²) in [4.78, 5) is 11.4. The molecule has 1 aromatic carbocycles. The van der Waals surface area contributed by atoms with Crippen molar-refractivity contribution in [1.29, 1.82) is 0 Å². The molecule has 0 saturated heterocycles. The second kappa shape index (κ2) is 4.41. The van der Waals surface area contributed by atoms with Crippen LogP contribution in [0.1, 0.15) is 22.8 Å². The van der Waals surface area contributed by atoms with Gasteiger partial charge in [0.05, 0.1) is 10.9 Å². The molecule has 1 rings (SSSR count). The van der Waals surface area contributed by atoms with E-state index in [0.717, 1.165) is 12.1 Å². The van der Waals surface area contributed by atoms with Crippen LogP contribution in [0, 0.1) is 5.82 Å². The molecular formula is C10H7ClF4O. The number of ketones is 1. The Hall–Kier alpha value is -1.10. The monoisotopic (exact) mass is 254 g/mol. The number of Topliss-reactive ketones (excluding diaryl/α,β-unsaturated/α-hetero) is 1. The van der Waals surface area contributed by atoms with Gasteiger partial charge in [0.1, 0.15) is 5.82 Å². The van der Waals surface area contributed by atoms with Crippen LogP contribution in [-0.2, 0) is 6.18 Å². The van der Waals surface area contributed by atoms with Crippen LogP contribution in [0.3, 0.4) is 0 Å². The molecule has 1 unspecified atom stereocenters. The van der Waals surface area contributed by atoms with Gasteiger partial charge in [0.15, 0.2) is 5.78 Å². The summed E-state index contributed by atoms with van der Waals surface area (Å²) < 4.78 is 50.2. The summed E-state index contributed by atoms with van der Waals surface area (Å²) in [5.74, 6) is -1.93. The SMILES string of the molecule is CC(Cl)C(=O)c1ccc(F)cc1C(F)(F)F. The summed E-state index contributed by atoms with van der Waals surface area (Å²) in [6.45, 7) is 1.26. The van der Waals surface area contributed by atoms with Crippen LogP contribution >= 0.6 is 11.6 Å². The van der Waals surface area contributed by atoms with E-state index in [1.807, 2.05) is 0 Å². The van der Waals surface area contributed by atoms with Crippen molar-refractivity contribution in [2.24, 2.45) is 0 Å². The van der Waals surface area contributed by atoms with Gasteiger partial charge in [0, 0.05) is 5.56 Å². The van der Waals surface area contributed by atoms with E-state index in [1.54, 1.807) is 0 Å². The Balaban J connectivity index is 3.34. The van der Waals surface area contributed by atoms with Crippen molar-refractivity contribution in [3.05, 3.63) is 35.1 Å². The Kier molecular flexibility index (Phi) is 3.57. The van der Waals surface area contributed by atoms with Crippen LogP contribution < -0.4 is 0 Å². The van der Waals surface area contributed by atoms with Crippen molar-refractivity contribution in [3.63, 3.8) is 0 Å². The van der Waals surface area contributed by atoms with Gasteiger partial charge in [0.2, 0.25) is 0 Å². The first-order valence-electron chi connectivity index (χ1n) is 4.28. The third kappa shape index (κ3) is 2.72. The zero-order valence-corrected chi connectivity index (χ0v) is 8.86. The smallest absolute Gasteiger partial charge is 0.293 e. The predicted octanol–water partition coefficient (Wildman–Crippen LogP) is 3.65. The minimum atomic E-state index is -4.78. The van der Waals surface area contributed by atoms with Crippen molar-refractivity contribution in [2.45, 2.75) is 18.5 Å². The number of rotatable bonds is 2. The minimum absolute atomic E-state index is 0.284. The van der Waals surface area contributed by atoms with Crippen molar-refractivity contribution >= 4 is 17.4 Å². The van der Waals surface area contributed by atoms with Crippen LogP contribution in [0.4, 0.5) is 17.6 Å². The lowest BCUT2D eigenvalue weighted by atomic mass is 10.0. The maximum atomic E-state index is 12.7. The highest BCUT2D eigenvalue weighted by Crippen LogP contribution is 2.33. The van der Waals surface area contributed by atoms with E-state index in [1.165, 1.54) is 6.92 Å². The van der Waals surface area contributed by atoms with Crippen LogP contribution in [-0.4, -0.2) is 11.2 Å². The first-order chi connectivity index (χ1) is 7.23. The fourth-order valence-electron chi connectivity index (χ4n) is 1.18. The number of carbonyl (C=O) groups is 1. The summed E-state index contributed by atoms with van der Waals surface area (Å²) in [5, 5.41) is -1.09. The molecule has 1 nitrogen and oxygen atoms in total. The first-order valence-corrected chi connectivity index (χ1v) is 4.72. The zero-order valence-electron chi connectivity index (χ0n) is 8.11. The topological polar surface area (TPSA) is 17.1 Å². The van der Waals surface area contributed by atoms with Gasteiger partial charge in [-0.15, -0.1) is 11.6 Å². The van der Waals surface area contributed by atoms with Gasteiger partial charge in [-0.3, -0.25) is 4.79 Å². The molecule has 0 fully saturated rings. The van der Waals surface area contributed by atoms with E-state index in [2.05, 4.69) is 0 Å². The lowest BCUT2D eigenvalue weighted by Gasteiger charge is -2.12. The van der Waals surface area contributed by atoms with Gasteiger partial charge in [-0.25, -0.2) is 4.39 Å². The quantitative estimate of drug-likeness (QED) is 0.447. The Morgan fingerprint density at radius 2 is 1.94 bits per heavy atom. The molecule has 0 aliphatic rings. The summed E-state index contributed by atoms with van der Waals surface area (Å²) in [6, 6.07) is 1.87. The number of alkyl halides is 4. The summed E-state index contributed by atoms with van der Waals surface area (Å²) in [6.07, 6.45) is -4.78. The number of hydrogen-bond donors (Lipinski definition) is 0. The Labute approximate surface area is 94.0 Å². The summed E-state index contributed by atoms with van der Waals surface area (Å²) in [7, 11) is 0. The third-order valence-electron chi connectivity index (χ3n) is 1.91. The maximum Gasteiger partial charge on any atom is 0.417 e. The second-order valence-corrected chi connectivity index (χ2v) is 3.82. The van der Waals surface area contributed by atoms with Crippen molar-refractivity contribution in [3.8, 4) is 0 Å². The number of benzene rings is 1. The molecule has 0 amide bonds. The summed E-state index contributed by atoms with van der Waals surface area (Å²) in [5.41, 5.74) is -1.92. The van der Waals surface area contributed by atoms with Crippen LogP contribution in [0.5, 0.6) is 0 Å². The fourth-order valence-corrected chi connectivity index (χ4v) is 1.30. The average molecular weight is 255 g/mol. The third-order valence-corrected chi connectivity index (χ3v) is 2.11. The molecule has 88 valence electrons. The average Bonchev–Trinajstić information content (AvgIpc) is 2.15. The lowest BCUT2D eigenvalue weighted by molar-refractivity contribution is -0.138. The van der Waals surface area contributed by atoms with E-state index in [9.17, 15) is 22.4 Å². The van der Waals surface area contributed by atoms with E-state index in [4.69, 9.17) is 11.6 Å². The molecule has 6 heteroatoms. The number of carbonyl (C=O) groups excluding carboxylic acids is 1. The molecule has 0 bridgehead atoms. The molecule has 0 aliphatic heterocycles. The highest BCUT2D eigenvalue weighted by molar-refractivity contribution is 6.33. The number of hydrogen-bond acceptors (Lipinski definition) is 1. The van der Waals surface area contributed by atoms with Crippen LogP contribution in [0.2, 0.25) is 0 Å². The Morgan fingerprint density at radius 3 is 2.38 bits per heavy atom. The van der Waals surface area contributed by atoms with Gasteiger partial charge in [-0.2, -0.15) is 13.2 Å². The molecule has 1 aromatic rings.